The first kappa shape index (κ1) is 14.9. The zero-order chi connectivity index (χ0) is 12.7. The van der Waals surface area contributed by atoms with Crippen LogP contribution in [0.3, 0.4) is 0 Å². The van der Waals surface area contributed by atoms with Gasteiger partial charge in [0.1, 0.15) is 0 Å². The SMILES string of the molecule is CCCC(CCO)CNC1CC(C)OC(C)C1. The third-order valence-electron chi connectivity index (χ3n) is 3.63. The van der Waals surface area contributed by atoms with Crippen LogP contribution in [-0.4, -0.2) is 36.5 Å². The second-order valence-electron chi connectivity index (χ2n) is 5.50. The van der Waals surface area contributed by atoms with E-state index in [2.05, 4.69) is 26.1 Å². The summed E-state index contributed by atoms with van der Waals surface area (Å²) in [5.74, 6) is 0.624. The van der Waals surface area contributed by atoms with Crippen molar-refractivity contribution in [3.05, 3.63) is 0 Å². The molecule has 3 unspecified atom stereocenters. The van der Waals surface area contributed by atoms with Crippen LogP contribution >= 0.6 is 0 Å². The van der Waals surface area contributed by atoms with Crippen molar-refractivity contribution in [2.24, 2.45) is 5.92 Å². The van der Waals surface area contributed by atoms with Gasteiger partial charge >= 0.3 is 0 Å². The second kappa shape index (κ2) is 8.06. The van der Waals surface area contributed by atoms with E-state index < -0.39 is 0 Å². The molecule has 0 bridgehead atoms. The summed E-state index contributed by atoms with van der Waals surface area (Å²) < 4.78 is 5.74. The minimum Gasteiger partial charge on any atom is -0.396 e. The molecule has 0 aromatic heterocycles. The molecule has 2 N–H and O–H groups in total. The Morgan fingerprint density at radius 3 is 2.41 bits per heavy atom. The van der Waals surface area contributed by atoms with Crippen LogP contribution in [0.5, 0.6) is 0 Å². The summed E-state index contributed by atoms with van der Waals surface area (Å²) in [4.78, 5) is 0. The van der Waals surface area contributed by atoms with Crippen molar-refractivity contribution in [3.63, 3.8) is 0 Å². The van der Waals surface area contributed by atoms with Crippen molar-refractivity contribution < 1.29 is 9.84 Å². The highest BCUT2D eigenvalue weighted by Crippen LogP contribution is 2.19. The number of hydrogen-bond donors (Lipinski definition) is 2. The smallest absolute Gasteiger partial charge is 0.0565 e. The minimum atomic E-state index is 0.312. The lowest BCUT2D eigenvalue weighted by Gasteiger charge is -2.33. The highest BCUT2D eigenvalue weighted by molar-refractivity contribution is 4.79. The standard InChI is InChI=1S/C14H29NO2/c1-4-5-13(6-7-16)10-15-14-8-11(2)17-12(3)9-14/h11-16H,4-10H2,1-3H3. The molecule has 102 valence electrons. The Balaban J connectivity index is 2.27. The number of aliphatic hydroxyl groups excluding tert-OH is 1. The maximum absolute atomic E-state index is 9.04. The Morgan fingerprint density at radius 1 is 1.24 bits per heavy atom. The van der Waals surface area contributed by atoms with Gasteiger partial charge in [-0.3, -0.25) is 0 Å². The minimum absolute atomic E-state index is 0.312. The van der Waals surface area contributed by atoms with Gasteiger partial charge in [-0.15, -0.1) is 0 Å². The van der Waals surface area contributed by atoms with Gasteiger partial charge in [-0.1, -0.05) is 13.3 Å². The normalized spacial score (nSPS) is 31.4. The molecule has 0 spiro atoms. The predicted molar refractivity (Wildman–Crippen MR) is 71.1 cm³/mol. The van der Waals surface area contributed by atoms with Crippen LogP contribution < -0.4 is 5.32 Å². The molecule has 17 heavy (non-hydrogen) atoms. The summed E-state index contributed by atoms with van der Waals surface area (Å²) in [6.07, 6.45) is 6.31. The van der Waals surface area contributed by atoms with Crippen molar-refractivity contribution in [1.82, 2.24) is 5.32 Å². The van der Waals surface area contributed by atoms with Crippen LogP contribution in [-0.2, 0) is 4.74 Å². The van der Waals surface area contributed by atoms with Crippen LogP contribution in [0.25, 0.3) is 0 Å². The van der Waals surface area contributed by atoms with Crippen LogP contribution in [0.4, 0.5) is 0 Å². The zero-order valence-corrected chi connectivity index (χ0v) is 11.6. The van der Waals surface area contributed by atoms with E-state index in [-0.39, 0.29) is 0 Å². The molecular formula is C14H29NO2. The molecule has 1 aliphatic rings. The Bertz CT molecular complexity index is 183. The van der Waals surface area contributed by atoms with Gasteiger partial charge in [0, 0.05) is 12.6 Å². The largest absolute Gasteiger partial charge is 0.396 e. The zero-order valence-electron chi connectivity index (χ0n) is 11.6. The lowest BCUT2D eigenvalue weighted by atomic mass is 9.96. The highest BCUT2D eigenvalue weighted by atomic mass is 16.5. The van der Waals surface area contributed by atoms with Crippen LogP contribution in [0.15, 0.2) is 0 Å². The van der Waals surface area contributed by atoms with Crippen LogP contribution in [0.1, 0.15) is 52.9 Å². The lowest BCUT2D eigenvalue weighted by molar-refractivity contribution is -0.0425. The highest BCUT2D eigenvalue weighted by Gasteiger charge is 2.24. The van der Waals surface area contributed by atoms with E-state index in [1.807, 2.05) is 0 Å². The summed E-state index contributed by atoms with van der Waals surface area (Å²) in [5.41, 5.74) is 0. The summed E-state index contributed by atoms with van der Waals surface area (Å²) in [5, 5.41) is 12.7. The monoisotopic (exact) mass is 243 g/mol. The molecule has 3 heteroatoms. The first-order chi connectivity index (χ1) is 8.15. The molecule has 0 aromatic rings. The first-order valence-corrected chi connectivity index (χ1v) is 7.15. The number of rotatable bonds is 7. The average molecular weight is 243 g/mol. The van der Waals surface area contributed by atoms with E-state index in [0.29, 0.717) is 30.8 Å². The molecule has 0 saturated carbocycles. The topological polar surface area (TPSA) is 41.5 Å². The number of nitrogens with one attached hydrogen (secondary N) is 1. The van der Waals surface area contributed by atoms with Gasteiger partial charge in [0.2, 0.25) is 0 Å². The lowest BCUT2D eigenvalue weighted by Crippen LogP contribution is -2.43. The van der Waals surface area contributed by atoms with E-state index in [9.17, 15) is 0 Å². The fraction of sp³-hybridized carbons (Fsp3) is 1.00. The number of aliphatic hydroxyl groups is 1. The summed E-state index contributed by atoms with van der Waals surface area (Å²) in [6.45, 7) is 7.87. The molecule has 3 atom stereocenters. The van der Waals surface area contributed by atoms with Gasteiger partial charge in [0.25, 0.3) is 0 Å². The first-order valence-electron chi connectivity index (χ1n) is 7.15. The Hall–Kier alpha value is -0.120. The molecule has 0 radical (unpaired) electrons. The molecule has 1 saturated heterocycles. The van der Waals surface area contributed by atoms with Crippen molar-refractivity contribution in [1.29, 1.82) is 0 Å². The third-order valence-corrected chi connectivity index (χ3v) is 3.63. The fourth-order valence-corrected chi connectivity index (χ4v) is 2.84. The molecule has 1 heterocycles. The van der Waals surface area contributed by atoms with Gasteiger partial charge in [0.05, 0.1) is 12.2 Å². The molecule has 1 rings (SSSR count). The van der Waals surface area contributed by atoms with Gasteiger partial charge < -0.3 is 15.2 Å². The average Bonchev–Trinajstić information content (AvgIpc) is 2.25. The Morgan fingerprint density at radius 2 is 1.88 bits per heavy atom. The second-order valence-corrected chi connectivity index (χ2v) is 5.50. The molecule has 1 aliphatic heterocycles. The van der Waals surface area contributed by atoms with E-state index in [1.165, 1.54) is 12.8 Å². The Labute approximate surface area is 106 Å². The quantitative estimate of drug-likeness (QED) is 0.721. The van der Waals surface area contributed by atoms with Gasteiger partial charge in [-0.05, 0) is 52.0 Å². The van der Waals surface area contributed by atoms with Gasteiger partial charge in [0.15, 0.2) is 0 Å². The fourth-order valence-electron chi connectivity index (χ4n) is 2.84. The maximum Gasteiger partial charge on any atom is 0.0565 e. The molecule has 0 aliphatic carbocycles. The molecule has 0 amide bonds. The van der Waals surface area contributed by atoms with Crippen molar-refractivity contribution in [2.75, 3.05) is 13.2 Å². The summed E-state index contributed by atoms with van der Waals surface area (Å²) >= 11 is 0. The van der Waals surface area contributed by atoms with Crippen molar-refractivity contribution >= 4 is 0 Å². The van der Waals surface area contributed by atoms with Crippen molar-refractivity contribution in [3.8, 4) is 0 Å². The van der Waals surface area contributed by atoms with E-state index >= 15 is 0 Å². The van der Waals surface area contributed by atoms with E-state index in [4.69, 9.17) is 9.84 Å². The number of hydrogen-bond acceptors (Lipinski definition) is 3. The van der Waals surface area contributed by atoms with Crippen LogP contribution in [0.2, 0.25) is 0 Å². The number of ether oxygens (including phenoxy) is 1. The van der Waals surface area contributed by atoms with Gasteiger partial charge in [-0.25, -0.2) is 0 Å². The van der Waals surface area contributed by atoms with Crippen LogP contribution in [0, 0.1) is 5.92 Å². The molecule has 0 aromatic carbocycles. The maximum atomic E-state index is 9.04. The summed E-state index contributed by atoms with van der Waals surface area (Å²) in [6, 6.07) is 0.590. The Kier molecular flexibility index (Phi) is 7.09. The van der Waals surface area contributed by atoms with E-state index in [1.54, 1.807) is 0 Å². The summed E-state index contributed by atoms with van der Waals surface area (Å²) in [7, 11) is 0. The predicted octanol–water partition coefficient (Wildman–Crippen LogP) is 2.33. The van der Waals surface area contributed by atoms with Crippen molar-refractivity contribution in [2.45, 2.75) is 71.1 Å². The third kappa shape index (κ3) is 5.84. The van der Waals surface area contributed by atoms with Gasteiger partial charge in [-0.2, -0.15) is 0 Å². The molecule has 3 nitrogen and oxygen atoms in total. The van der Waals surface area contributed by atoms with E-state index in [0.717, 1.165) is 25.8 Å². The molecule has 1 fully saturated rings. The molecular weight excluding hydrogens is 214 g/mol.